The number of hydrogen-bond donors (Lipinski definition) is 1. The Morgan fingerprint density at radius 3 is 2.84 bits per heavy atom. The van der Waals surface area contributed by atoms with E-state index in [-0.39, 0.29) is 0 Å². The van der Waals surface area contributed by atoms with Gasteiger partial charge in [-0.05, 0) is 32.1 Å². The zero-order valence-corrected chi connectivity index (χ0v) is 12.9. The number of halogens is 1. The lowest BCUT2D eigenvalue weighted by molar-refractivity contribution is 0.275. The first-order valence-corrected chi connectivity index (χ1v) is 7.44. The third-order valence-corrected chi connectivity index (χ3v) is 4.06. The predicted octanol–water partition coefficient (Wildman–Crippen LogP) is 2.59. The number of anilines is 1. The average molecular weight is 282 g/mol. The molecule has 0 aromatic heterocycles. The second-order valence-corrected chi connectivity index (χ2v) is 5.74. The minimum atomic E-state index is 0.499. The van der Waals surface area contributed by atoms with Crippen molar-refractivity contribution >= 4 is 17.3 Å². The van der Waals surface area contributed by atoms with Gasteiger partial charge in [-0.3, -0.25) is 0 Å². The molecule has 3 nitrogen and oxygen atoms in total. The van der Waals surface area contributed by atoms with E-state index >= 15 is 0 Å². The Balaban J connectivity index is 2.26. The number of nitrogens with zero attached hydrogens (tertiary/aromatic N) is 2. The molecular weight excluding hydrogens is 258 g/mol. The molecule has 1 unspecified atom stereocenters. The monoisotopic (exact) mass is 281 g/mol. The molecule has 106 valence electrons. The number of nitrogens with one attached hydrogen (secondary N) is 1. The van der Waals surface area contributed by atoms with Crippen LogP contribution in [-0.4, -0.2) is 44.2 Å². The average Bonchev–Trinajstić information content (AvgIpc) is 2.37. The van der Waals surface area contributed by atoms with Gasteiger partial charge in [-0.25, -0.2) is 0 Å². The Morgan fingerprint density at radius 2 is 2.16 bits per heavy atom. The van der Waals surface area contributed by atoms with Gasteiger partial charge in [0.05, 0.1) is 10.7 Å². The van der Waals surface area contributed by atoms with Gasteiger partial charge in [0.1, 0.15) is 0 Å². The lowest BCUT2D eigenvalue weighted by Gasteiger charge is -2.41. The fourth-order valence-corrected chi connectivity index (χ4v) is 3.06. The number of rotatable bonds is 4. The van der Waals surface area contributed by atoms with Crippen LogP contribution in [0.25, 0.3) is 0 Å². The summed E-state index contributed by atoms with van der Waals surface area (Å²) in [6.07, 6.45) is 0. The van der Waals surface area contributed by atoms with Crippen LogP contribution in [0.15, 0.2) is 18.2 Å². The number of likely N-dealkylation sites (N-methyl/N-ethyl adjacent to an activating group) is 1. The molecule has 1 heterocycles. The van der Waals surface area contributed by atoms with Crippen LogP contribution in [0.2, 0.25) is 5.02 Å². The maximum absolute atomic E-state index is 6.46. The molecule has 1 atom stereocenters. The molecule has 1 N–H and O–H groups in total. The SMILES string of the molecule is CCNCc1cccc(Cl)c1N1CCN(C)CC1C. The fraction of sp³-hybridized carbons (Fsp3) is 0.600. The highest BCUT2D eigenvalue weighted by Gasteiger charge is 2.24. The molecule has 0 bridgehead atoms. The maximum Gasteiger partial charge on any atom is 0.0643 e. The van der Waals surface area contributed by atoms with E-state index in [1.54, 1.807) is 0 Å². The van der Waals surface area contributed by atoms with E-state index in [1.807, 2.05) is 12.1 Å². The summed E-state index contributed by atoms with van der Waals surface area (Å²) in [6.45, 7) is 9.48. The van der Waals surface area contributed by atoms with Crippen LogP contribution in [0.1, 0.15) is 19.4 Å². The van der Waals surface area contributed by atoms with Crippen molar-refractivity contribution in [1.82, 2.24) is 10.2 Å². The van der Waals surface area contributed by atoms with Crippen molar-refractivity contribution in [3.05, 3.63) is 28.8 Å². The van der Waals surface area contributed by atoms with Crippen molar-refractivity contribution in [2.45, 2.75) is 26.4 Å². The Bertz CT molecular complexity index is 422. The fourth-order valence-electron chi connectivity index (χ4n) is 2.76. The molecule has 1 fully saturated rings. The molecule has 1 aliphatic heterocycles. The summed E-state index contributed by atoms with van der Waals surface area (Å²) in [7, 11) is 2.18. The summed E-state index contributed by atoms with van der Waals surface area (Å²) in [6, 6.07) is 6.71. The molecule has 1 saturated heterocycles. The van der Waals surface area contributed by atoms with Crippen LogP contribution in [0.4, 0.5) is 5.69 Å². The summed E-state index contributed by atoms with van der Waals surface area (Å²) in [5.41, 5.74) is 2.51. The predicted molar refractivity (Wildman–Crippen MR) is 83.1 cm³/mol. The van der Waals surface area contributed by atoms with E-state index in [9.17, 15) is 0 Å². The minimum absolute atomic E-state index is 0.499. The zero-order chi connectivity index (χ0) is 13.8. The first-order valence-electron chi connectivity index (χ1n) is 7.06. The first kappa shape index (κ1) is 14.6. The Morgan fingerprint density at radius 1 is 1.37 bits per heavy atom. The van der Waals surface area contributed by atoms with E-state index in [4.69, 9.17) is 11.6 Å². The zero-order valence-electron chi connectivity index (χ0n) is 12.1. The number of piperazine rings is 1. The summed E-state index contributed by atoms with van der Waals surface area (Å²) in [5.74, 6) is 0. The topological polar surface area (TPSA) is 18.5 Å². The van der Waals surface area contributed by atoms with Gasteiger partial charge in [0, 0.05) is 32.2 Å². The van der Waals surface area contributed by atoms with Crippen LogP contribution in [0.5, 0.6) is 0 Å². The second-order valence-electron chi connectivity index (χ2n) is 5.33. The third kappa shape index (κ3) is 3.41. The number of hydrogen-bond acceptors (Lipinski definition) is 3. The largest absolute Gasteiger partial charge is 0.365 e. The van der Waals surface area contributed by atoms with Gasteiger partial charge in [0.25, 0.3) is 0 Å². The number of para-hydroxylation sites is 1. The number of benzene rings is 1. The van der Waals surface area contributed by atoms with Crippen LogP contribution in [0, 0.1) is 0 Å². The molecule has 1 aromatic carbocycles. The van der Waals surface area contributed by atoms with Crippen LogP contribution < -0.4 is 10.2 Å². The van der Waals surface area contributed by atoms with Crippen molar-refractivity contribution in [3.63, 3.8) is 0 Å². The van der Waals surface area contributed by atoms with E-state index < -0.39 is 0 Å². The molecule has 0 amide bonds. The van der Waals surface area contributed by atoms with Crippen molar-refractivity contribution < 1.29 is 0 Å². The highest BCUT2D eigenvalue weighted by atomic mass is 35.5. The highest BCUT2D eigenvalue weighted by molar-refractivity contribution is 6.33. The van der Waals surface area contributed by atoms with Crippen LogP contribution in [-0.2, 0) is 6.54 Å². The van der Waals surface area contributed by atoms with Crippen molar-refractivity contribution in [2.75, 3.05) is 38.1 Å². The molecule has 19 heavy (non-hydrogen) atoms. The van der Waals surface area contributed by atoms with Crippen LogP contribution in [0.3, 0.4) is 0 Å². The van der Waals surface area contributed by atoms with Gasteiger partial charge in [-0.1, -0.05) is 30.7 Å². The third-order valence-electron chi connectivity index (χ3n) is 3.75. The first-order chi connectivity index (χ1) is 9.13. The van der Waals surface area contributed by atoms with Gasteiger partial charge in [0.15, 0.2) is 0 Å². The van der Waals surface area contributed by atoms with Gasteiger partial charge in [0.2, 0.25) is 0 Å². The van der Waals surface area contributed by atoms with E-state index in [0.29, 0.717) is 6.04 Å². The van der Waals surface area contributed by atoms with Gasteiger partial charge < -0.3 is 15.1 Å². The molecule has 0 saturated carbocycles. The minimum Gasteiger partial charge on any atom is -0.365 e. The summed E-state index contributed by atoms with van der Waals surface area (Å²) in [4.78, 5) is 4.83. The quantitative estimate of drug-likeness (QED) is 0.915. The smallest absolute Gasteiger partial charge is 0.0643 e. The standard InChI is InChI=1S/C15H24ClN3/c1-4-17-10-13-6-5-7-14(16)15(13)19-9-8-18(3)11-12(19)2/h5-7,12,17H,4,8-11H2,1-3H3. The molecule has 1 aromatic rings. The maximum atomic E-state index is 6.46. The van der Waals surface area contributed by atoms with Crippen LogP contribution >= 0.6 is 11.6 Å². The summed E-state index contributed by atoms with van der Waals surface area (Å²) >= 11 is 6.46. The van der Waals surface area contributed by atoms with Crippen molar-refractivity contribution in [1.29, 1.82) is 0 Å². The van der Waals surface area contributed by atoms with Crippen molar-refractivity contribution in [3.8, 4) is 0 Å². The van der Waals surface area contributed by atoms with Gasteiger partial charge in [-0.15, -0.1) is 0 Å². The van der Waals surface area contributed by atoms with Crippen molar-refractivity contribution in [2.24, 2.45) is 0 Å². The Labute approximate surface area is 121 Å². The Hall–Kier alpha value is -0.770. The van der Waals surface area contributed by atoms with E-state index in [2.05, 4.69) is 42.1 Å². The summed E-state index contributed by atoms with van der Waals surface area (Å²) in [5, 5.41) is 4.27. The molecular formula is C15H24ClN3. The molecule has 2 rings (SSSR count). The van der Waals surface area contributed by atoms with E-state index in [0.717, 1.165) is 37.7 Å². The normalized spacial score (nSPS) is 20.8. The molecule has 0 spiro atoms. The van der Waals surface area contributed by atoms with Gasteiger partial charge >= 0.3 is 0 Å². The Kier molecular flexibility index (Phi) is 5.08. The molecule has 0 radical (unpaired) electrons. The van der Waals surface area contributed by atoms with Gasteiger partial charge in [-0.2, -0.15) is 0 Å². The highest BCUT2D eigenvalue weighted by Crippen LogP contribution is 2.32. The lowest BCUT2D eigenvalue weighted by atomic mass is 10.1. The molecule has 0 aliphatic carbocycles. The summed E-state index contributed by atoms with van der Waals surface area (Å²) < 4.78 is 0. The molecule has 1 aliphatic rings. The lowest BCUT2D eigenvalue weighted by Crippen LogP contribution is -2.51. The second kappa shape index (κ2) is 6.60. The van der Waals surface area contributed by atoms with E-state index in [1.165, 1.54) is 11.3 Å². The molecule has 4 heteroatoms.